The van der Waals surface area contributed by atoms with Gasteiger partial charge in [0.05, 0.1) is 0 Å². The molecule has 2 aliphatic rings. The first kappa shape index (κ1) is 16.0. The van der Waals surface area contributed by atoms with E-state index in [4.69, 9.17) is 9.63 Å². The molecule has 0 aromatic carbocycles. The maximum atomic E-state index is 12.2. The molecule has 2 heterocycles. The number of rotatable bonds is 7. The average molecular weight is 321 g/mol. The fourth-order valence-electron chi connectivity index (χ4n) is 3.06. The van der Waals surface area contributed by atoms with E-state index in [9.17, 15) is 9.59 Å². The molecule has 126 valence electrons. The van der Waals surface area contributed by atoms with Gasteiger partial charge in [0.25, 0.3) is 0 Å². The van der Waals surface area contributed by atoms with E-state index in [0.717, 1.165) is 31.5 Å². The molecule has 7 nitrogen and oxygen atoms in total. The summed E-state index contributed by atoms with van der Waals surface area (Å²) in [6.07, 6.45) is 5.90. The van der Waals surface area contributed by atoms with Gasteiger partial charge in [-0.2, -0.15) is 4.98 Å². The van der Waals surface area contributed by atoms with Crippen LogP contribution in [0.3, 0.4) is 0 Å². The second-order valence-corrected chi connectivity index (χ2v) is 6.60. The van der Waals surface area contributed by atoms with E-state index in [-0.39, 0.29) is 18.2 Å². The van der Waals surface area contributed by atoms with Crippen LogP contribution in [0.2, 0.25) is 0 Å². The minimum Gasteiger partial charge on any atom is -0.481 e. The van der Waals surface area contributed by atoms with Gasteiger partial charge in [-0.15, -0.1) is 0 Å². The van der Waals surface area contributed by atoms with Crippen LogP contribution >= 0.6 is 0 Å². The SMILES string of the molecule is O=C(O)CC1CCN(C(=O)CCCc2nc(C3CC3)no2)CC1. The molecule has 1 N–H and O–H groups in total. The number of aromatic nitrogens is 2. The predicted molar refractivity (Wildman–Crippen MR) is 80.8 cm³/mol. The standard InChI is InChI=1S/C16H23N3O4/c20-14(19-8-6-11(7-9-19)10-15(21)22)3-1-2-13-17-16(18-23-13)12-4-5-12/h11-12H,1-10H2,(H,21,22). The van der Waals surface area contributed by atoms with E-state index >= 15 is 0 Å². The minimum atomic E-state index is -0.750. The van der Waals surface area contributed by atoms with Crippen molar-refractivity contribution < 1.29 is 19.2 Å². The third-order valence-electron chi connectivity index (χ3n) is 4.64. The highest BCUT2D eigenvalue weighted by Crippen LogP contribution is 2.38. The van der Waals surface area contributed by atoms with Crippen molar-refractivity contribution in [2.45, 2.75) is 57.3 Å². The van der Waals surface area contributed by atoms with Gasteiger partial charge in [-0.05, 0) is 38.0 Å². The molecular formula is C16H23N3O4. The van der Waals surface area contributed by atoms with Gasteiger partial charge in [0.1, 0.15) is 0 Å². The van der Waals surface area contributed by atoms with Crippen molar-refractivity contribution >= 4 is 11.9 Å². The summed E-state index contributed by atoms with van der Waals surface area (Å²) in [4.78, 5) is 29.1. The van der Waals surface area contributed by atoms with Gasteiger partial charge < -0.3 is 14.5 Å². The molecule has 0 spiro atoms. The number of carboxylic acid groups (broad SMARTS) is 1. The van der Waals surface area contributed by atoms with Gasteiger partial charge >= 0.3 is 5.97 Å². The number of nitrogens with zero attached hydrogens (tertiary/aromatic N) is 3. The fourth-order valence-corrected chi connectivity index (χ4v) is 3.06. The van der Waals surface area contributed by atoms with E-state index in [1.165, 1.54) is 0 Å². The molecular weight excluding hydrogens is 298 g/mol. The predicted octanol–water partition coefficient (Wildman–Crippen LogP) is 1.98. The molecule has 23 heavy (non-hydrogen) atoms. The Morgan fingerprint density at radius 3 is 2.61 bits per heavy atom. The number of hydrogen-bond acceptors (Lipinski definition) is 5. The maximum absolute atomic E-state index is 12.2. The molecule has 3 rings (SSSR count). The summed E-state index contributed by atoms with van der Waals surface area (Å²) in [5.74, 6) is 1.52. The zero-order valence-corrected chi connectivity index (χ0v) is 13.2. The van der Waals surface area contributed by atoms with Gasteiger partial charge in [-0.1, -0.05) is 5.16 Å². The molecule has 7 heteroatoms. The van der Waals surface area contributed by atoms with Crippen LogP contribution in [-0.4, -0.2) is 45.1 Å². The Hall–Kier alpha value is -1.92. The van der Waals surface area contributed by atoms with Crippen molar-refractivity contribution in [3.63, 3.8) is 0 Å². The average Bonchev–Trinajstić information content (AvgIpc) is 3.27. The van der Waals surface area contributed by atoms with E-state index in [1.54, 1.807) is 0 Å². The van der Waals surface area contributed by atoms with Crippen molar-refractivity contribution in [2.75, 3.05) is 13.1 Å². The second-order valence-electron chi connectivity index (χ2n) is 6.60. The Labute approximate surface area is 135 Å². The van der Waals surface area contributed by atoms with Crippen LogP contribution in [0.1, 0.15) is 62.6 Å². The zero-order chi connectivity index (χ0) is 16.2. The van der Waals surface area contributed by atoms with Crippen molar-refractivity contribution in [3.05, 3.63) is 11.7 Å². The molecule has 1 saturated heterocycles. The maximum Gasteiger partial charge on any atom is 0.303 e. The quantitative estimate of drug-likeness (QED) is 0.825. The zero-order valence-electron chi connectivity index (χ0n) is 13.2. The van der Waals surface area contributed by atoms with Gasteiger partial charge in [-0.3, -0.25) is 9.59 Å². The van der Waals surface area contributed by atoms with E-state index < -0.39 is 5.97 Å². The molecule has 1 aromatic rings. The lowest BCUT2D eigenvalue weighted by Gasteiger charge is -2.31. The number of aryl methyl sites for hydroxylation is 1. The molecule has 0 unspecified atom stereocenters. The summed E-state index contributed by atoms with van der Waals surface area (Å²) >= 11 is 0. The van der Waals surface area contributed by atoms with Crippen molar-refractivity contribution in [3.8, 4) is 0 Å². The second kappa shape index (κ2) is 7.10. The van der Waals surface area contributed by atoms with Crippen LogP contribution in [0.4, 0.5) is 0 Å². The molecule has 1 aromatic heterocycles. The smallest absolute Gasteiger partial charge is 0.303 e. The molecule has 2 fully saturated rings. The highest BCUT2D eigenvalue weighted by Gasteiger charge is 2.29. The molecule has 1 aliphatic carbocycles. The molecule has 1 amide bonds. The third-order valence-corrected chi connectivity index (χ3v) is 4.64. The van der Waals surface area contributed by atoms with Crippen molar-refractivity contribution in [1.29, 1.82) is 0 Å². The first-order chi connectivity index (χ1) is 11.1. The van der Waals surface area contributed by atoms with Gasteiger partial charge in [0, 0.05) is 38.3 Å². The van der Waals surface area contributed by atoms with Crippen LogP contribution in [0.5, 0.6) is 0 Å². The molecule has 0 atom stereocenters. The largest absolute Gasteiger partial charge is 0.481 e. The topological polar surface area (TPSA) is 96.5 Å². The highest BCUT2D eigenvalue weighted by molar-refractivity contribution is 5.76. The summed E-state index contributed by atoms with van der Waals surface area (Å²) in [6.45, 7) is 1.34. The summed E-state index contributed by atoms with van der Waals surface area (Å²) in [6, 6.07) is 0. The summed E-state index contributed by atoms with van der Waals surface area (Å²) in [5.41, 5.74) is 0. The fraction of sp³-hybridized carbons (Fsp3) is 0.750. The van der Waals surface area contributed by atoms with Crippen LogP contribution in [0.15, 0.2) is 4.52 Å². The van der Waals surface area contributed by atoms with Gasteiger partial charge in [0.2, 0.25) is 11.8 Å². The molecule has 0 bridgehead atoms. The van der Waals surface area contributed by atoms with Crippen LogP contribution in [0.25, 0.3) is 0 Å². The Bertz CT molecular complexity index is 559. The van der Waals surface area contributed by atoms with Crippen molar-refractivity contribution in [2.24, 2.45) is 5.92 Å². The van der Waals surface area contributed by atoms with Crippen LogP contribution in [0, 0.1) is 5.92 Å². The monoisotopic (exact) mass is 321 g/mol. The number of carbonyl (C=O) groups is 2. The molecule has 1 saturated carbocycles. The number of aliphatic carboxylic acids is 1. The molecule has 1 aliphatic heterocycles. The molecule has 0 radical (unpaired) electrons. The van der Waals surface area contributed by atoms with Crippen LogP contribution < -0.4 is 0 Å². The first-order valence-electron chi connectivity index (χ1n) is 8.44. The van der Waals surface area contributed by atoms with Gasteiger partial charge in [-0.25, -0.2) is 0 Å². The Balaban J connectivity index is 1.35. The lowest BCUT2D eigenvalue weighted by atomic mass is 9.93. The lowest BCUT2D eigenvalue weighted by molar-refractivity contribution is -0.138. The number of carbonyl (C=O) groups excluding carboxylic acids is 1. The first-order valence-corrected chi connectivity index (χ1v) is 8.44. The number of amides is 1. The Morgan fingerprint density at radius 1 is 1.22 bits per heavy atom. The summed E-state index contributed by atoms with van der Waals surface area (Å²) < 4.78 is 5.20. The van der Waals surface area contributed by atoms with E-state index in [1.807, 2.05) is 4.90 Å². The summed E-state index contributed by atoms with van der Waals surface area (Å²) in [5, 5.41) is 12.8. The van der Waals surface area contributed by atoms with E-state index in [0.29, 0.717) is 44.2 Å². The Kier molecular flexibility index (Phi) is 4.93. The number of piperidine rings is 1. The summed E-state index contributed by atoms with van der Waals surface area (Å²) in [7, 11) is 0. The van der Waals surface area contributed by atoms with Gasteiger partial charge in [0.15, 0.2) is 5.82 Å². The lowest BCUT2D eigenvalue weighted by Crippen LogP contribution is -2.38. The van der Waals surface area contributed by atoms with Crippen molar-refractivity contribution in [1.82, 2.24) is 15.0 Å². The van der Waals surface area contributed by atoms with E-state index in [2.05, 4.69) is 10.1 Å². The van der Waals surface area contributed by atoms with Crippen LogP contribution in [-0.2, 0) is 16.0 Å². The number of likely N-dealkylation sites (tertiary alicyclic amines) is 1. The number of carboxylic acids is 1. The number of hydrogen-bond donors (Lipinski definition) is 1. The minimum absolute atomic E-state index is 0.140. The normalized spacial score (nSPS) is 19.0. The third kappa shape index (κ3) is 4.53. The Morgan fingerprint density at radius 2 is 1.96 bits per heavy atom. The highest BCUT2D eigenvalue weighted by atomic mass is 16.5.